The third-order valence-corrected chi connectivity index (χ3v) is 6.98. The van der Waals surface area contributed by atoms with E-state index in [9.17, 15) is 0 Å². The van der Waals surface area contributed by atoms with Crippen LogP contribution in [0.4, 0.5) is 0 Å². The minimum Gasteiger partial charge on any atom is -0.361 e. The molecule has 1 aliphatic carbocycles. The lowest BCUT2D eigenvalue weighted by molar-refractivity contribution is 0.103. The van der Waals surface area contributed by atoms with Gasteiger partial charge in [-0.15, -0.1) is 0 Å². The van der Waals surface area contributed by atoms with Crippen molar-refractivity contribution in [2.45, 2.75) is 31.3 Å². The maximum absolute atomic E-state index is 4.65. The highest BCUT2D eigenvalue weighted by atomic mass is 15.2. The van der Waals surface area contributed by atoms with E-state index in [1.165, 1.54) is 28.5 Å². The van der Waals surface area contributed by atoms with Crippen LogP contribution >= 0.6 is 0 Å². The molecule has 4 aromatic rings. The molecule has 1 aliphatic heterocycles. The molecule has 4 heteroatoms. The van der Waals surface area contributed by atoms with Crippen LogP contribution in [0.5, 0.6) is 0 Å². The molecule has 0 amide bonds. The van der Waals surface area contributed by atoms with Crippen molar-refractivity contribution in [2.75, 3.05) is 13.6 Å². The second-order valence-electron chi connectivity index (χ2n) is 8.82. The highest BCUT2D eigenvalue weighted by Crippen LogP contribution is 2.44. The van der Waals surface area contributed by atoms with Gasteiger partial charge in [-0.25, -0.2) is 4.98 Å². The number of piperidine rings is 1. The average molecular weight is 383 g/mol. The molecule has 4 nitrogen and oxygen atoms in total. The Kier molecular flexibility index (Phi) is 3.88. The van der Waals surface area contributed by atoms with Crippen LogP contribution in [0.3, 0.4) is 0 Å². The summed E-state index contributed by atoms with van der Waals surface area (Å²) in [6.07, 6.45) is 8.83. The van der Waals surface area contributed by atoms with Gasteiger partial charge in [0.05, 0.1) is 12.0 Å². The Bertz CT molecular complexity index is 1160. The van der Waals surface area contributed by atoms with E-state index >= 15 is 0 Å². The minimum absolute atomic E-state index is 0.614. The Morgan fingerprint density at radius 2 is 2.00 bits per heavy atom. The monoisotopic (exact) mass is 382 g/mol. The third-order valence-electron chi connectivity index (χ3n) is 6.98. The molecule has 0 saturated carbocycles. The number of aromatic amines is 1. The summed E-state index contributed by atoms with van der Waals surface area (Å²) in [5.41, 5.74) is 6.58. The Morgan fingerprint density at radius 1 is 1.10 bits per heavy atom. The topological polar surface area (TPSA) is 36.9 Å². The fourth-order valence-electron chi connectivity index (χ4n) is 5.70. The lowest BCUT2D eigenvalue weighted by Crippen LogP contribution is -2.48. The van der Waals surface area contributed by atoms with Crippen molar-refractivity contribution in [1.29, 1.82) is 0 Å². The Hall–Kier alpha value is -2.85. The predicted octanol–water partition coefficient (Wildman–Crippen LogP) is 4.69. The van der Waals surface area contributed by atoms with Gasteiger partial charge in [-0.3, -0.25) is 0 Å². The lowest BCUT2D eigenvalue weighted by Gasteiger charge is -2.45. The summed E-state index contributed by atoms with van der Waals surface area (Å²) in [6.45, 7) is 2.18. The number of hydrogen-bond acceptors (Lipinski definition) is 2. The quantitative estimate of drug-likeness (QED) is 0.558. The molecule has 1 N–H and O–H groups in total. The van der Waals surface area contributed by atoms with Gasteiger partial charge in [-0.05, 0) is 43.0 Å². The molecule has 2 aromatic carbocycles. The number of likely N-dealkylation sites (tertiary alicyclic amines) is 1. The summed E-state index contributed by atoms with van der Waals surface area (Å²) in [7, 11) is 2.31. The maximum Gasteiger partial charge on any atom is 0.0953 e. The van der Waals surface area contributed by atoms with Gasteiger partial charge in [-0.1, -0.05) is 42.5 Å². The first-order chi connectivity index (χ1) is 14.3. The first kappa shape index (κ1) is 17.0. The SMILES string of the molecule is CN1C[C@H](Cn2cnc(-c3ccccc3)c2)CC2c3cccc4[nH]cc(c34)C[C@H]21. The second-order valence-corrected chi connectivity index (χ2v) is 8.82. The molecule has 0 spiro atoms. The van der Waals surface area contributed by atoms with Crippen molar-refractivity contribution in [1.82, 2.24) is 19.4 Å². The van der Waals surface area contributed by atoms with Crippen molar-refractivity contribution >= 4 is 10.9 Å². The summed E-state index contributed by atoms with van der Waals surface area (Å²) < 4.78 is 2.28. The molecular formula is C25H26N4. The van der Waals surface area contributed by atoms with Crippen molar-refractivity contribution in [2.24, 2.45) is 5.92 Å². The van der Waals surface area contributed by atoms with Gasteiger partial charge in [0, 0.05) is 53.9 Å². The summed E-state index contributed by atoms with van der Waals surface area (Å²) in [5.74, 6) is 1.25. The number of aromatic nitrogens is 3. The van der Waals surface area contributed by atoms with Crippen molar-refractivity contribution in [3.63, 3.8) is 0 Å². The summed E-state index contributed by atoms with van der Waals surface area (Å²) in [4.78, 5) is 10.7. The van der Waals surface area contributed by atoms with E-state index in [2.05, 4.69) is 87.4 Å². The highest BCUT2D eigenvalue weighted by molar-refractivity contribution is 5.88. The number of nitrogens with zero attached hydrogens (tertiary/aromatic N) is 3. The molecule has 1 fully saturated rings. The zero-order valence-electron chi connectivity index (χ0n) is 16.8. The van der Waals surface area contributed by atoms with E-state index in [4.69, 9.17) is 0 Å². The molecule has 1 unspecified atom stereocenters. The molecule has 1 saturated heterocycles. The van der Waals surface area contributed by atoms with Crippen LogP contribution in [0.1, 0.15) is 23.5 Å². The molecule has 3 atom stereocenters. The van der Waals surface area contributed by atoms with E-state index in [-0.39, 0.29) is 0 Å². The van der Waals surface area contributed by atoms with Crippen LogP contribution in [0.15, 0.2) is 67.3 Å². The number of hydrogen-bond donors (Lipinski definition) is 1. The molecule has 29 heavy (non-hydrogen) atoms. The van der Waals surface area contributed by atoms with Gasteiger partial charge in [-0.2, -0.15) is 0 Å². The smallest absolute Gasteiger partial charge is 0.0953 e. The minimum atomic E-state index is 0.614. The number of imidazole rings is 1. The standard InChI is InChI=1S/C25H26N4/c1-28-13-17(14-29-15-23(27-16-29)18-6-3-2-4-7-18)10-21-20-8-5-9-22-25(20)19(12-26-22)11-24(21)28/h2-9,12,15-17,21,24,26H,10-11,13-14H2,1H3/t17-,21?,24-/m1/s1. The van der Waals surface area contributed by atoms with Crippen molar-refractivity contribution in [3.05, 3.63) is 78.4 Å². The van der Waals surface area contributed by atoms with Crippen LogP contribution in [0.2, 0.25) is 0 Å². The summed E-state index contributed by atoms with van der Waals surface area (Å²) in [6, 6.07) is 17.9. The number of likely N-dealkylation sites (N-methyl/N-ethyl adjacent to an activating group) is 1. The first-order valence-corrected chi connectivity index (χ1v) is 10.6. The molecule has 0 radical (unpaired) electrons. The Labute approximate surface area is 171 Å². The van der Waals surface area contributed by atoms with Crippen molar-refractivity contribution < 1.29 is 0 Å². The number of benzene rings is 2. The molecule has 146 valence electrons. The van der Waals surface area contributed by atoms with Crippen LogP contribution < -0.4 is 0 Å². The van der Waals surface area contributed by atoms with Gasteiger partial charge in [0.2, 0.25) is 0 Å². The van der Waals surface area contributed by atoms with Crippen LogP contribution in [-0.4, -0.2) is 39.1 Å². The highest BCUT2D eigenvalue weighted by Gasteiger charge is 2.39. The van der Waals surface area contributed by atoms with Gasteiger partial charge < -0.3 is 14.5 Å². The second kappa shape index (κ2) is 6.60. The Morgan fingerprint density at radius 3 is 2.90 bits per heavy atom. The molecule has 2 aromatic heterocycles. The normalized spacial score (nSPS) is 24.0. The third kappa shape index (κ3) is 2.82. The van der Waals surface area contributed by atoms with E-state index < -0.39 is 0 Å². The van der Waals surface area contributed by atoms with Gasteiger partial charge in [0.1, 0.15) is 0 Å². The van der Waals surface area contributed by atoms with E-state index in [0.29, 0.717) is 17.9 Å². The molecule has 6 rings (SSSR count). The predicted molar refractivity (Wildman–Crippen MR) is 117 cm³/mol. The molecule has 3 heterocycles. The van der Waals surface area contributed by atoms with Crippen LogP contribution in [0.25, 0.3) is 22.2 Å². The zero-order valence-corrected chi connectivity index (χ0v) is 16.8. The van der Waals surface area contributed by atoms with E-state index in [1.807, 2.05) is 6.33 Å². The maximum atomic E-state index is 4.65. The number of H-pyrrole nitrogens is 1. The van der Waals surface area contributed by atoms with Gasteiger partial charge in [0.25, 0.3) is 0 Å². The largest absolute Gasteiger partial charge is 0.361 e. The van der Waals surface area contributed by atoms with E-state index in [0.717, 1.165) is 25.2 Å². The van der Waals surface area contributed by atoms with Crippen LogP contribution in [-0.2, 0) is 13.0 Å². The fraction of sp³-hybridized carbons (Fsp3) is 0.320. The molecule has 0 bridgehead atoms. The lowest BCUT2D eigenvalue weighted by atomic mass is 9.72. The zero-order chi connectivity index (χ0) is 19.4. The van der Waals surface area contributed by atoms with Crippen LogP contribution in [0, 0.1) is 5.92 Å². The molecular weight excluding hydrogens is 356 g/mol. The van der Waals surface area contributed by atoms with Crippen molar-refractivity contribution in [3.8, 4) is 11.3 Å². The number of nitrogens with one attached hydrogen (secondary N) is 1. The molecule has 2 aliphatic rings. The Balaban J connectivity index is 1.27. The number of fused-ring (bicyclic) bond motifs is 2. The number of rotatable bonds is 3. The first-order valence-electron chi connectivity index (χ1n) is 10.6. The van der Waals surface area contributed by atoms with Gasteiger partial charge >= 0.3 is 0 Å². The fourth-order valence-corrected chi connectivity index (χ4v) is 5.70. The summed E-state index contributed by atoms with van der Waals surface area (Å²) in [5, 5.41) is 1.48. The van der Waals surface area contributed by atoms with Gasteiger partial charge in [0.15, 0.2) is 0 Å². The van der Waals surface area contributed by atoms with E-state index in [1.54, 1.807) is 5.56 Å². The average Bonchev–Trinajstić information content (AvgIpc) is 3.38. The summed E-state index contributed by atoms with van der Waals surface area (Å²) >= 11 is 0.